The van der Waals surface area contributed by atoms with Crippen LogP contribution in [0.4, 0.5) is 0 Å². The lowest BCUT2D eigenvalue weighted by Crippen LogP contribution is -2.52. The highest BCUT2D eigenvalue weighted by Gasteiger charge is 2.44. The number of H-pyrrole nitrogens is 1. The molecular weight excluding hydrogens is 398 g/mol. The molecule has 0 spiro atoms. The van der Waals surface area contributed by atoms with E-state index < -0.39 is 11.6 Å². The van der Waals surface area contributed by atoms with E-state index in [1.54, 1.807) is 4.90 Å². The van der Waals surface area contributed by atoms with Crippen LogP contribution in [-0.4, -0.2) is 27.2 Å². The SMILES string of the molecule is CC(C)(C)N1C(=O)c2[nH]c3ccccc3c2-c2ccccc2C1C(=O)NC1=CCCCC1. The third-order valence-electron chi connectivity index (χ3n) is 6.47. The molecule has 3 aromatic rings. The Hall–Kier alpha value is -3.34. The Bertz CT molecular complexity index is 1250. The molecule has 1 aromatic heterocycles. The second kappa shape index (κ2) is 7.66. The van der Waals surface area contributed by atoms with Crippen LogP contribution in [0.5, 0.6) is 0 Å². The fraction of sp³-hybridized carbons (Fsp3) is 0.333. The van der Waals surface area contributed by atoms with Gasteiger partial charge < -0.3 is 15.2 Å². The van der Waals surface area contributed by atoms with Crippen molar-refractivity contribution >= 4 is 22.7 Å². The number of amides is 2. The Morgan fingerprint density at radius 1 is 1.06 bits per heavy atom. The van der Waals surface area contributed by atoms with Crippen LogP contribution in [0.15, 0.2) is 60.3 Å². The monoisotopic (exact) mass is 427 g/mol. The van der Waals surface area contributed by atoms with E-state index in [0.29, 0.717) is 5.69 Å². The Balaban J connectivity index is 1.73. The average Bonchev–Trinajstić information content (AvgIpc) is 3.11. The van der Waals surface area contributed by atoms with Crippen LogP contribution in [0.3, 0.4) is 0 Å². The highest BCUT2D eigenvalue weighted by Crippen LogP contribution is 2.44. The Morgan fingerprint density at radius 2 is 1.81 bits per heavy atom. The van der Waals surface area contributed by atoms with Gasteiger partial charge in [0.15, 0.2) is 0 Å². The van der Waals surface area contributed by atoms with Crippen LogP contribution in [0.2, 0.25) is 0 Å². The van der Waals surface area contributed by atoms with Gasteiger partial charge in [-0.2, -0.15) is 0 Å². The minimum absolute atomic E-state index is 0.150. The molecule has 2 amide bonds. The second-order valence-electron chi connectivity index (χ2n) is 9.72. The van der Waals surface area contributed by atoms with Crippen molar-refractivity contribution in [3.8, 4) is 11.1 Å². The summed E-state index contributed by atoms with van der Waals surface area (Å²) in [5.74, 6) is -0.305. The van der Waals surface area contributed by atoms with Gasteiger partial charge in [-0.1, -0.05) is 48.5 Å². The average molecular weight is 428 g/mol. The number of para-hydroxylation sites is 1. The van der Waals surface area contributed by atoms with Crippen LogP contribution in [0.1, 0.15) is 68.5 Å². The number of hydrogen-bond acceptors (Lipinski definition) is 2. The van der Waals surface area contributed by atoms with Crippen molar-refractivity contribution in [3.63, 3.8) is 0 Å². The first kappa shape index (κ1) is 20.6. The molecule has 2 aliphatic rings. The van der Waals surface area contributed by atoms with E-state index in [1.807, 2.05) is 69.3 Å². The first-order valence-corrected chi connectivity index (χ1v) is 11.4. The van der Waals surface area contributed by atoms with Crippen LogP contribution >= 0.6 is 0 Å². The van der Waals surface area contributed by atoms with Gasteiger partial charge >= 0.3 is 0 Å². The number of nitrogens with zero attached hydrogens (tertiary/aromatic N) is 1. The topological polar surface area (TPSA) is 65.2 Å². The van der Waals surface area contributed by atoms with E-state index >= 15 is 0 Å². The number of allylic oxidation sites excluding steroid dienone is 2. The summed E-state index contributed by atoms with van der Waals surface area (Å²) < 4.78 is 0. The van der Waals surface area contributed by atoms with Crippen molar-refractivity contribution in [2.75, 3.05) is 0 Å². The third kappa shape index (κ3) is 3.32. The predicted octanol–water partition coefficient (Wildman–Crippen LogP) is 5.70. The number of benzene rings is 2. The van der Waals surface area contributed by atoms with Crippen molar-refractivity contribution in [2.24, 2.45) is 0 Å². The molecular formula is C27H29N3O2. The van der Waals surface area contributed by atoms with E-state index in [4.69, 9.17) is 0 Å². The number of nitrogens with one attached hydrogen (secondary N) is 2. The highest BCUT2D eigenvalue weighted by molar-refractivity contribution is 6.13. The largest absolute Gasteiger partial charge is 0.350 e. The zero-order chi connectivity index (χ0) is 22.5. The van der Waals surface area contributed by atoms with Gasteiger partial charge in [-0.25, -0.2) is 0 Å². The summed E-state index contributed by atoms with van der Waals surface area (Å²) in [6.07, 6.45) is 6.19. The molecule has 5 heteroatoms. The van der Waals surface area contributed by atoms with Crippen molar-refractivity contribution in [1.29, 1.82) is 0 Å². The summed E-state index contributed by atoms with van der Waals surface area (Å²) in [6, 6.07) is 15.2. The van der Waals surface area contributed by atoms with Gasteiger partial charge in [0, 0.05) is 27.7 Å². The lowest BCUT2D eigenvalue weighted by atomic mass is 9.92. The Kier molecular flexibility index (Phi) is 4.92. The molecule has 1 aliphatic carbocycles. The van der Waals surface area contributed by atoms with E-state index in [0.717, 1.165) is 59.0 Å². The van der Waals surface area contributed by atoms with Crippen LogP contribution in [0.25, 0.3) is 22.0 Å². The van der Waals surface area contributed by atoms with Gasteiger partial charge in [-0.15, -0.1) is 0 Å². The van der Waals surface area contributed by atoms with Gasteiger partial charge in [0.25, 0.3) is 11.8 Å². The summed E-state index contributed by atoms with van der Waals surface area (Å²) in [5, 5.41) is 4.15. The summed E-state index contributed by atoms with van der Waals surface area (Å²) in [7, 11) is 0. The zero-order valence-corrected chi connectivity index (χ0v) is 18.9. The van der Waals surface area contributed by atoms with Crippen molar-refractivity contribution in [1.82, 2.24) is 15.2 Å². The van der Waals surface area contributed by atoms with Gasteiger partial charge in [0.1, 0.15) is 11.7 Å². The van der Waals surface area contributed by atoms with Crippen molar-refractivity contribution in [2.45, 2.75) is 58.0 Å². The maximum atomic E-state index is 14.0. The number of hydrogen-bond donors (Lipinski definition) is 2. The predicted molar refractivity (Wildman–Crippen MR) is 127 cm³/mol. The molecule has 1 atom stereocenters. The van der Waals surface area contributed by atoms with E-state index in [2.05, 4.69) is 16.4 Å². The number of aromatic amines is 1. The molecule has 0 saturated carbocycles. The molecule has 1 aliphatic heterocycles. The molecule has 2 aromatic carbocycles. The number of aromatic nitrogens is 1. The van der Waals surface area contributed by atoms with Gasteiger partial charge in [0.2, 0.25) is 0 Å². The standard InChI is InChI=1S/C27H29N3O2/c1-27(2,3)30-24(25(31)28-17-11-5-4-6-12-17)19-14-8-7-13-18(19)22-20-15-9-10-16-21(20)29-23(22)26(30)32/h7-11,13-16,24,29H,4-6,12H2,1-3H3,(H,28,31). The first-order valence-electron chi connectivity index (χ1n) is 11.4. The van der Waals surface area contributed by atoms with E-state index in [1.165, 1.54) is 0 Å². The van der Waals surface area contributed by atoms with Gasteiger partial charge in [-0.3, -0.25) is 9.59 Å². The number of carbonyl (C=O) groups excluding carboxylic acids is 2. The van der Waals surface area contributed by atoms with Crippen LogP contribution in [-0.2, 0) is 4.79 Å². The fourth-order valence-electron chi connectivity index (χ4n) is 5.05. The Labute approximate surface area is 188 Å². The quantitative estimate of drug-likeness (QED) is 0.551. The van der Waals surface area contributed by atoms with E-state index in [9.17, 15) is 9.59 Å². The molecule has 0 fully saturated rings. The number of fused-ring (bicyclic) bond motifs is 5. The molecule has 164 valence electrons. The molecule has 2 heterocycles. The summed E-state index contributed by atoms with van der Waals surface area (Å²) in [6.45, 7) is 5.96. The van der Waals surface area contributed by atoms with Crippen molar-refractivity contribution < 1.29 is 9.59 Å². The van der Waals surface area contributed by atoms with Gasteiger partial charge in [0.05, 0.1) is 0 Å². The molecule has 5 nitrogen and oxygen atoms in total. The van der Waals surface area contributed by atoms with Crippen molar-refractivity contribution in [3.05, 3.63) is 71.6 Å². The summed E-state index contributed by atoms with van der Waals surface area (Å²) >= 11 is 0. The lowest BCUT2D eigenvalue weighted by Gasteiger charge is -2.40. The molecule has 0 saturated heterocycles. The minimum Gasteiger partial charge on any atom is -0.350 e. The lowest BCUT2D eigenvalue weighted by molar-refractivity contribution is -0.126. The smallest absolute Gasteiger partial charge is 0.272 e. The van der Waals surface area contributed by atoms with Crippen LogP contribution in [0, 0.1) is 0 Å². The highest BCUT2D eigenvalue weighted by atomic mass is 16.2. The fourth-order valence-corrected chi connectivity index (χ4v) is 5.05. The minimum atomic E-state index is -0.721. The van der Waals surface area contributed by atoms with E-state index in [-0.39, 0.29) is 11.8 Å². The normalized spacial score (nSPS) is 18.6. The summed E-state index contributed by atoms with van der Waals surface area (Å²) in [5.41, 5.74) is 4.53. The molecule has 0 bridgehead atoms. The molecule has 32 heavy (non-hydrogen) atoms. The second-order valence-corrected chi connectivity index (χ2v) is 9.72. The molecule has 5 rings (SSSR count). The maximum Gasteiger partial charge on any atom is 0.272 e. The molecule has 0 radical (unpaired) electrons. The zero-order valence-electron chi connectivity index (χ0n) is 18.9. The Morgan fingerprint density at radius 3 is 2.56 bits per heavy atom. The molecule has 2 N–H and O–H groups in total. The summed E-state index contributed by atoms with van der Waals surface area (Å²) in [4.78, 5) is 32.9. The molecule has 1 unspecified atom stereocenters. The first-order chi connectivity index (χ1) is 15.4. The van der Waals surface area contributed by atoms with Crippen LogP contribution < -0.4 is 5.32 Å². The van der Waals surface area contributed by atoms with Gasteiger partial charge in [-0.05, 0) is 63.6 Å². The third-order valence-corrected chi connectivity index (χ3v) is 6.47. The number of rotatable bonds is 2. The maximum absolute atomic E-state index is 14.0. The number of carbonyl (C=O) groups is 2.